The second kappa shape index (κ2) is 5.02. The highest BCUT2D eigenvalue weighted by molar-refractivity contribution is 7.89. The fourth-order valence-corrected chi connectivity index (χ4v) is 4.31. The van der Waals surface area contributed by atoms with Gasteiger partial charge in [-0.2, -0.15) is 0 Å². The third-order valence-electron chi connectivity index (χ3n) is 4.06. The molecular weight excluding hydrogens is 264 g/mol. The quantitative estimate of drug-likeness (QED) is 0.843. The Hall–Kier alpha value is -0.270. The van der Waals surface area contributed by atoms with Gasteiger partial charge in [-0.15, -0.1) is 0 Å². The Kier molecular flexibility index (Phi) is 3.94. The molecule has 0 unspecified atom stereocenters. The van der Waals surface area contributed by atoms with Gasteiger partial charge in [-0.1, -0.05) is 6.42 Å². The Morgan fingerprint density at radius 2 is 1.83 bits per heavy atom. The first kappa shape index (κ1) is 14.1. The van der Waals surface area contributed by atoms with Crippen LogP contribution in [0.4, 0.5) is 8.78 Å². The molecule has 1 aliphatic carbocycles. The van der Waals surface area contributed by atoms with Crippen LogP contribution in [0.1, 0.15) is 32.1 Å². The molecule has 2 aliphatic rings. The molecule has 0 aromatic rings. The topological polar surface area (TPSA) is 57.6 Å². The molecule has 1 saturated heterocycles. The van der Waals surface area contributed by atoms with Crippen molar-refractivity contribution in [2.24, 2.45) is 5.92 Å². The van der Waals surface area contributed by atoms with Gasteiger partial charge in [0.05, 0.1) is 5.75 Å². The van der Waals surface area contributed by atoms with E-state index in [0.29, 0.717) is 0 Å². The van der Waals surface area contributed by atoms with Gasteiger partial charge in [-0.25, -0.2) is 21.5 Å². The van der Waals surface area contributed by atoms with Gasteiger partial charge in [0.25, 0.3) is 6.43 Å². The third-order valence-corrected chi connectivity index (χ3v) is 6.10. The molecule has 0 radical (unpaired) electrons. The number of piperidine rings is 1. The van der Waals surface area contributed by atoms with Crippen molar-refractivity contribution in [3.05, 3.63) is 0 Å². The Balaban J connectivity index is 1.92. The number of sulfonamides is 1. The van der Waals surface area contributed by atoms with Crippen molar-refractivity contribution in [2.45, 2.75) is 44.1 Å². The molecular formula is C11H19F2NO3S. The van der Waals surface area contributed by atoms with E-state index in [9.17, 15) is 22.3 Å². The second-order valence-electron chi connectivity index (χ2n) is 5.38. The maximum Gasteiger partial charge on any atom is 0.266 e. The first-order chi connectivity index (χ1) is 8.33. The van der Waals surface area contributed by atoms with Gasteiger partial charge in [0.2, 0.25) is 10.0 Å². The minimum atomic E-state index is -3.34. The zero-order chi connectivity index (χ0) is 13.4. The molecule has 4 nitrogen and oxygen atoms in total. The summed E-state index contributed by atoms with van der Waals surface area (Å²) in [4.78, 5) is 0. The zero-order valence-corrected chi connectivity index (χ0v) is 11.0. The molecule has 0 atom stereocenters. The molecule has 18 heavy (non-hydrogen) atoms. The molecule has 2 rings (SSSR count). The lowest BCUT2D eigenvalue weighted by Crippen LogP contribution is -2.51. The molecule has 1 heterocycles. The lowest BCUT2D eigenvalue weighted by Gasteiger charge is -2.37. The van der Waals surface area contributed by atoms with E-state index in [0.717, 1.165) is 19.3 Å². The Bertz CT molecular complexity index is 387. The molecule has 0 aromatic carbocycles. The molecule has 1 N–H and O–H groups in total. The van der Waals surface area contributed by atoms with Crippen molar-refractivity contribution in [3.8, 4) is 0 Å². The molecule has 0 amide bonds. The van der Waals surface area contributed by atoms with Crippen LogP contribution in [0.2, 0.25) is 0 Å². The summed E-state index contributed by atoms with van der Waals surface area (Å²) in [5.74, 6) is 0.353. The van der Waals surface area contributed by atoms with E-state index in [1.807, 2.05) is 0 Å². The molecule has 7 heteroatoms. The van der Waals surface area contributed by atoms with E-state index >= 15 is 0 Å². The van der Waals surface area contributed by atoms with Gasteiger partial charge in [-0.05, 0) is 31.6 Å². The van der Waals surface area contributed by atoms with E-state index in [1.165, 1.54) is 4.31 Å². The molecule has 0 bridgehead atoms. The van der Waals surface area contributed by atoms with Crippen molar-refractivity contribution in [3.63, 3.8) is 0 Å². The van der Waals surface area contributed by atoms with Crippen LogP contribution in [0, 0.1) is 5.92 Å². The summed E-state index contributed by atoms with van der Waals surface area (Å²) in [6, 6.07) is 0. The average Bonchev–Trinajstić information content (AvgIpc) is 2.24. The van der Waals surface area contributed by atoms with Crippen molar-refractivity contribution in [1.29, 1.82) is 0 Å². The predicted molar refractivity (Wildman–Crippen MR) is 62.9 cm³/mol. The molecule has 0 spiro atoms. The minimum absolute atomic E-state index is 0.00407. The van der Waals surface area contributed by atoms with Crippen molar-refractivity contribution in [1.82, 2.24) is 4.31 Å². The highest BCUT2D eigenvalue weighted by Crippen LogP contribution is 2.32. The number of hydrogen-bond donors (Lipinski definition) is 1. The van der Waals surface area contributed by atoms with Crippen LogP contribution >= 0.6 is 0 Å². The maximum atomic E-state index is 12.6. The minimum Gasteiger partial charge on any atom is -0.384 e. The van der Waals surface area contributed by atoms with Gasteiger partial charge in [0.15, 0.2) is 0 Å². The highest BCUT2D eigenvalue weighted by atomic mass is 32.2. The van der Waals surface area contributed by atoms with Crippen LogP contribution in [0.3, 0.4) is 0 Å². The van der Waals surface area contributed by atoms with E-state index in [2.05, 4.69) is 0 Å². The first-order valence-corrected chi connectivity index (χ1v) is 7.93. The van der Waals surface area contributed by atoms with Gasteiger partial charge < -0.3 is 5.11 Å². The SMILES string of the molecule is O=S(=O)(CC1CCC1)N1CCC(O)(C(F)F)CC1. The monoisotopic (exact) mass is 283 g/mol. The van der Waals surface area contributed by atoms with Gasteiger partial charge >= 0.3 is 0 Å². The fourth-order valence-electron chi connectivity index (χ4n) is 2.43. The van der Waals surface area contributed by atoms with Crippen LogP contribution in [-0.2, 0) is 10.0 Å². The van der Waals surface area contributed by atoms with Crippen molar-refractivity contribution < 1.29 is 22.3 Å². The maximum absolute atomic E-state index is 12.6. The van der Waals surface area contributed by atoms with Crippen LogP contribution < -0.4 is 0 Å². The van der Waals surface area contributed by atoms with Crippen LogP contribution in [0.25, 0.3) is 0 Å². The lowest BCUT2D eigenvalue weighted by atomic mass is 9.87. The van der Waals surface area contributed by atoms with E-state index in [-0.39, 0.29) is 37.6 Å². The van der Waals surface area contributed by atoms with E-state index in [1.54, 1.807) is 0 Å². The summed E-state index contributed by atoms with van der Waals surface area (Å²) in [6.45, 7) is -0.00815. The molecule has 106 valence electrons. The summed E-state index contributed by atoms with van der Waals surface area (Å²) >= 11 is 0. The Morgan fingerprint density at radius 1 is 1.28 bits per heavy atom. The summed E-state index contributed by atoms with van der Waals surface area (Å²) in [5.41, 5.74) is -2.01. The first-order valence-electron chi connectivity index (χ1n) is 6.32. The number of aliphatic hydroxyl groups is 1. The number of rotatable bonds is 4. The van der Waals surface area contributed by atoms with Gasteiger partial charge in [0.1, 0.15) is 5.60 Å². The summed E-state index contributed by atoms with van der Waals surface area (Å²) in [7, 11) is -3.34. The normalized spacial score (nSPS) is 26.2. The van der Waals surface area contributed by atoms with E-state index < -0.39 is 22.0 Å². The Morgan fingerprint density at radius 3 is 2.22 bits per heavy atom. The van der Waals surface area contributed by atoms with Crippen LogP contribution in [0.15, 0.2) is 0 Å². The number of hydrogen-bond acceptors (Lipinski definition) is 3. The largest absolute Gasteiger partial charge is 0.384 e. The number of alkyl halides is 2. The summed E-state index contributed by atoms with van der Waals surface area (Å²) in [6.07, 6.45) is -0.231. The standard InChI is InChI=1S/C11H19F2NO3S/c12-10(13)11(15)4-6-14(7-5-11)18(16,17)8-9-2-1-3-9/h9-10,15H,1-8H2. The third kappa shape index (κ3) is 2.83. The van der Waals surface area contributed by atoms with Crippen molar-refractivity contribution >= 4 is 10.0 Å². The second-order valence-corrected chi connectivity index (χ2v) is 7.39. The average molecular weight is 283 g/mol. The summed E-state index contributed by atoms with van der Waals surface area (Å²) in [5, 5.41) is 9.60. The molecule has 1 aliphatic heterocycles. The Labute approximate surface area is 106 Å². The van der Waals surface area contributed by atoms with Gasteiger partial charge in [-0.3, -0.25) is 0 Å². The number of nitrogens with zero attached hydrogens (tertiary/aromatic N) is 1. The number of halogens is 2. The van der Waals surface area contributed by atoms with Crippen molar-refractivity contribution in [2.75, 3.05) is 18.8 Å². The van der Waals surface area contributed by atoms with Crippen LogP contribution in [0.5, 0.6) is 0 Å². The highest BCUT2D eigenvalue weighted by Gasteiger charge is 2.43. The predicted octanol–water partition coefficient (Wildman–Crippen LogP) is 1.21. The fraction of sp³-hybridized carbons (Fsp3) is 1.00. The smallest absolute Gasteiger partial charge is 0.266 e. The lowest BCUT2D eigenvalue weighted by molar-refractivity contribution is -0.119. The van der Waals surface area contributed by atoms with Gasteiger partial charge in [0, 0.05) is 13.1 Å². The summed E-state index contributed by atoms with van der Waals surface area (Å²) < 4.78 is 50.5. The molecule has 0 aromatic heterocycles. The van der Waals surface area contributed by atoms with Crippen LogP contribution in [-0.4, -0.2) is 48.7 Å². The zero-order valence-electron chi connectivity index (χ0n) is 10.2. The van der Waals surface area contributed by atoms with E-state index in [4.69, 9.17) is 0 Å². The molecule has 2 fully saturated rings. The molecule has 1 saturated carbocycles.